The summed E-state index contributed by atoms with van der Waals surface area (Å²) < 4.78 is 5.24. The van der Waals surface area contributed by atoms with E-state index in [1.807, 2.05) is 18.4 Å². The van der Waals surface area contributed by atoms with Crippen LogP contribution in [-0.4, -0.2) is 29.5 Å². The van der Waals surface area contributed by atoms with E-state index in [-0.39, 0.29) is 12.3 Å². The lowest BCUT2D eigenvalue weighted by Gasteiger charge is -2.11. The summed E-state index contributed by atoms with van der Waals surface area (Å²) in [6.45, 7) is 2.48. The van der Waals surface area contributed by atoms with Crippen molar-refractivity contribution in [1.82, 2.24) is 9.97 Å². The first kappa shape index (κ1) is 18.4. The van der Waals surface area contributed by atoms with Crippen LogP contribution >= 0.6 is 22.9 Å². The molecule has 8 heteroatoms. The van der Waals surface area contributed by atoms with Gasteiger partial charge in [0.2, 0.25) is 5.91 Å². The number of carbonyl (C=O) groups is 1. The highest BCUT2D eigenvalue weighted by atomic mass is 35.5. The average molecular weight is 391 g/mol. The van der Waals surface area contributed by atoms with Crippen LogP contribution < -0.4 is 15.4 Å². The average Bonchev–Trinajstić information content (AvgIpc) is 3.10. The molecular formula is C18H19ClN4O2S. The predicted molar refractivity (Wildman–Crippen MR) is 107 cm³/mol. The normalized spacial score (nSPS) is 10.7. The van der Waals surface area contributed by atoms with E-state index in [1.54, 1.807) is 36.6 Å². The third-order valence-electron chi connectivity index (χ3n) is 3.77. The molecule has 0 aliphatic carbocycles. The Hall–Kier alpha value is -2.38. The summed E-state index contributed by atoms with van der Waals surface area (Å²) in [6.07, 6.45) is 1.05. The summed E-state index contributed by atoms with van der Waals surface area (Å²) in [5, 5.41) is 9.57. The van der Waals surface area contributed by atoms with Crippen LogP contribution in [0, 0.1) is 0 Å². The molecule has 2 aromatic heterocycles. The molecule has 1 aromatic carbocycles. The molecule has 136 valence electrons. The number of hydrogen-bond donors (Lipinski definition) is 2. The van der Waals surface area contributed by atoms with Gasteiger partial charge in [0.1, 0.15) is 22.2 Å². The van der Waals surface area contributed by atoms with Crippen LogP contribution in [0.1, 0.15) is 19.2 Å². The maximum absolute atomic E-state index is 12.2. The molecule has 0 aliphatic rings. The molecule has 26 heavy (non-hydrogen) atoms. The molecule has 2 N–H and O–H groups in total. The molecule has 0 bridgehead atoms. The number of aryl methyl sites for hydroxylation is 1. The van der Waals surface area contributed by atoms with Crippen LogP contribution in [0.15, 0.2) is 29.6 Å². The van der Waals surface area contributed by atoms with Crippen molar-refractivity contribution in [3.8, 4) is 5.75 Å². The van der Waals surface area contributed by atoms with Gasteiger partial charge in [-0.3, -0.25) is 4.79 Å². The van der Waals surface area contributed by atoms with Gasteiger partial charge < -0.3 is 15.4 Å². The Labute approximate surface area is 160 Å². The quantitative estimate of drug-likeness (QED) is 0.627. The topological polar surface area (TPSA) is 76.1 Å². The summed E-state index contributed by atoms with van der Waals surface area (Å²) in [5.41, 5.74) is 0.556. The number of fused-ring (bicyclic) bond motifs is 1. The molecule has 0 unspecified atom stereocenters. The SMILES string of the molecule is CCc1nc(NCCC(=O)Nc2cc(Cl)ccc2OC)c2ccsc2n1. The number of rotatable bonds is 7. The van der Waals surface area contributed by atoms with Gasteiger partial charge in [-0.25, -0.2) is 9.97 Å². The highest BCUT2D eigenvalue weighted by Crippen LogP contribution is 2.28. The van der Waals surface area contributed by atoms with Gasteiger partial charge in [0.05, 0.1) is 18.2 Å². The van der Waals surface area contributed by atoms with Gasteiger partial charge in [-0.2, -0.15) is 0 Å². The molecule has 0 aliphatic heterocycles. The number of anilines is 2. The van der Waals surface area contributed by atoms with Gasteiger partial charge in [-0.15, -0.1) is 11.3 Å². The molecule has 0 saturated heterocycles. The van der Waals surface area contributed by atoms with Crippen LogP contribution in [0.2, 0.25) is 5.02 Å². The van der Waals surface area contributed by atoms with Gasteiger partial charge in [0.25, 0.3) is 0 Å². The van der Waals surface area contributed by atoms with E-state index in [9.17, 15) is 4.79 Å². The molecule has 0 radical (unpaired) electrons. The highest BCUT2D eigenvalue weighted by Gasteiger charge is 2.10. The van der Waals surface area contributed by atoms with Gasteiger partial charge in [-0.05, 0) is 29.6 Å². The smallest absolute Gasteiger partial charge is 0.226 e. The van der Waals surface area contributed by atoms with Crippen molar-refractivity contribution in [2.24, 2.45) is 0 Å². The van der Waals surface area contributed by atoms with Crippen molar-refractivity contribution < 1.29 is 9.53 Å². The summed E-state index contributed by atoms with van der Waals surface area (Å²) >= 11 is 7.56. The molecule has 6 nitrogen and oxygen atoms in total. The molecule has 0 spiro atoms. The number of benzene rings is 1. The van der Waals surface area contributed by atoms with Crippen molar-refractivity contribution >= 4 is 50.6 Å². The van der Waals surface area contributed by atoms with Crippen molar-refractivity contribution in [3.63, 3.8) is 0 Å². The van der Waals surface area contributed by atoms with E-state index in [4.69, 9.17) is 16.3 Å². The Bertz CT molecular complexity index is 929. The number of amides is 1. The van der Waals surface area contributed by atoms with E-state index < -0.39 is 0 Å². The Balaban J connectivity index is 1.63. The third-order valence-corrected chi connectivity index (χ3v) is 4.81. The van der Waals surface area contributed by atoms with E-state index >= 15 is 0 Å². The second kappa shape index (κ2) is 8.33. The Morgan fingerprint density at radius 2 is 2.15 bits per heavy atom. The predicted octanol–water partition coefficient (Wildman–Crippen LogP) is 4.36. The summed E-state index contributed by atoms with van der Waals surface area (Å²) in [6, 6.07) is 7.08. The summed E-state index contributed by atoms with van der Waals surface area (Å²) in [5.74, 6) is 1.99. The molecule has 2 heterocycles. The Morgan fingerprint density at radius 1 is 1.31 bits per heavy atom. The van der Waals surface area contributed by atoms with Gasteiger partial charge in [0.15, 0.2) is 0 Å². The monoisotopic (exact) mass is 390 g/mol. The zero-order valence-electron chi connectivity index (χ0n) is 14.5. The van der Waals surface area contributed by atoms with E-state index in [0.29, 0.717) is 23.0 Å². The van der Waals surface area contributed by atoms with Crippen LogP contribution in [0.4, 0.5) is 11.5 Å². The standard InChI is InChI=1S/C18H19ClN4O2S/c1-3-15-22-17(12-7-9-26-18(12)23-15)20-8-6-16(24)21-13-10-11(19)4-5-14(13)25-2/h4-5,7,9-10H,3,6,8H2,1-2H3,(H,21,24)(H,20,22,23). The lowest BCUT2D eigenvalue weighted by molar-refractivity contribution is -0.116. The molecule has 0 fully saturated rings. The van der Waals surface area contributed by atoms with Crippen LogP contribution in [0.5, 0.6) is 5.75 Å². The van der Waals surface area contributed by atoms with E-state index in [2.05, 4.69) is 20.6 Å². The second-order valence-electron chi connectivity index (χ2n) is 5.55. The molecule has 3 aromatic rings. The number of ether oxygens (including phenoxy) is 1. The fraction of sp³-hybridized carbons (Fsp3) is 0.278. The number of aromatic nitrogens is 2. The van der Waals surface area contributed by atoms with Crippen LogP contribution in [0.25, 0.3) is 10.2 Å². The van der Waals surface area contributed by atoms with Crippen molar-refractivity contribution in [1.29, 1.82) is 0 Å². The number of methoxy groups -OCH3 is 1. The summed E-state index contributed by atoms with van der Waals surface area (Å²) in [4.78, 5) is 22.2. The van der Waals surface area contributed by atoms with E-state index in [0.717, 1.165) is 28.3 Å². The fourth-order valence-corrected chi connectivity index (χ4v) is 3.43. The first-order valence-electron chi connectivity index (χ1n) is 8.22. The number of thiophene rings is 1. The van der Waals surface area contributed by atoms with Crippen LogP contribution in [-0.2, 0) is 11.2 Å². The lowest BCUT2D eigenvalue weighted by atomic mass is 10.2. The maximum atomic E-state index is 12.2. The summed E-state index contributed by atoms with van der Waals surface area (Å²) in [7, 11) is 1.55. The first-order chi connectivity index (χ1) is 12.6. The first-order valence-corrected chi connectivity index (χ1v) is 9.48. The van der Waals surface area contributed by atoms with Gasteiger partial charge in [0, 0.05) is 24.4 Å². The minimum absolute atomic E-state index is 0.135. The zero-order valence-corrected chi connectivity index (χ0v) is 16.1. The molecular weight excluding hydrogens is 372 g/mol. The molecule has 0 atom stereocenters. The third kappa shape index (κ3) is 4.23. The maximum Gasteiger partial charge on any atom is 0.226 e. The van der Waals surface area contributed by atoms with E-state index in [1.165, 1.54) is 0 Å². The van der Waals surface area contributed by atoms with Gasteiger partial charge in [-0.1, -0.05) is 18.5 Å². The molecule has 1 amide bonds. The zero-order chi connectivity index (χ0) is 18.5. The Morgan fingerprint density at radius 3 is 2.92 bits per heavy atom. The minimum Gasteiger partial charge on any atom is -0.495 e. The Kier molecular flexibility index (Phi) is 5.90. The number of nitrogens with one attached hydrogen (secondary N) is 2. The largest absolute Gasteiger partial charge is 0.495 e. The van der Waals surface area contributed by atoms with Crippen molar-refractivity contribution in [2.75, 3.05) is 24.3 Å². The lowest BCUT2D eigenvalue weighted by Crippen LogP contribution is -2.17. The number of carbonyl (C=O) groups excluding carboxylic acids is 1. The van der Waals surface area contributed by atoms with Crippen molar-refractivity contribution in [3.05, 3.63) is 40.5 Å². The number of nitrogens with zero attached hydrogens (tertiary/aromatic N) is 2. The van der Waals surface area contributed by atoms with Gasteiger partial charge >= 0.3 is 0 Å². The molecule has 3 rings (SSSR count). The van der Waals surface area contributed by atoms with Crippen LogP contribution in [0.3, 0.4) is 0 Å². The molecule has 0 saturated carbocycles. The van der Waals surface area contributed by atoms with Crippen molar-refractivity contribution in [2.45, 2.75) is 19.8 Å². The number of hydrogen-bond acceptors (Lipinski definition) is 6. The second-order valence-corrected chi connectivity index (χ2v) is 6.88. The number of halogens is 1. The minimum atomic E-state index is -0.135. The fourth-order valence-electron chi connectivity index (χ4n) is 2.48. The highest BCUT2D eigenvalue weighted by molar-refractivity contribution is 7.16.